The monoisotopic (exact) mass is 515 g/mol. The normalized spacial score (nSPS) is 16.8. The molecular formula is C25H29N3O5S2. The summed E-state index contributed by atoms with van der Waals surface area (Å²) < 4.78 is 60.7. The maximum Gasteiger partial charge on any atom is 0.261 e. The van der Waals surface area contributed by atoms with Crippen LogP contribution in [-0.2, 0) is 20.0 Å². The molecule has 8 nitrogen and oxygen atoms in total. The van der Waals surface area contributed by atoms with Crippen molar-refractivity contribution in [2.45, 2.75) is 28.7 Å². The summed E-state index contributed by atoms with van der Waals surface area (Å²) in [5, 5.41) is 0. The van der Waals surface area contributed by atoms with Crippen molar-refractivity contribution in [1.82, 2.24) is 4.31 Å². The van der Waals surface area contributed by atoms with Gasteiger partial charge < -0.3 is 9.64 Å². The molecule has 4 rings (SSSR count). The van der Waals surface area contributed by atoms with Gasteiger partial charge in [-0.2, -0.15) is 0 Å². The molecule has 1 saturated heterocycles. The average molecular weight is 516 g/mol. The Balaban J connectivity index is 1.53. The molecule has 186 valence electrons. The van der Waals surface area contributed by atoms with Gasteiger partial charge in [0.2, 0.25) is 10.0 Å². The first kappa shape index (κ1) is 25.0. The maximum absolute atomic E-state index is 13.1. The fourth-order valence-electron chi connectivity index (χ4n) is 3.99. The van der Waals surface area contributed by atoms with Crippen LogP contribution < -0.4 is 14.4 Å². The molecule has 1 heterocycles. The molecule has 1 atom stereocenters. The molecule has 0 spiro atoms. The number of hydrogen-bond donors (Lipinski definition) is 1. The predicted octanol–water partition coefficient (Wildman–Crippen LogP) is 3.79. The van der Waals surface area contributed by atoms with E-state index >= 15 is 0 Å². The summed E-state index contributed by atoms with van der Waals surface area (Å²) in [6, 6.07) is 22.1. The molecule has 0 aromatic heterocycles. The lowest BCUT2D eigenvalue weighted by molar-refractivity contribution is 0.179. The fourth-order valence-corrected chi connectivity index (χ4v) is 5.96. The number of sulfonamides is 2. The van der Waals surface area contributed by atoms with Crippen LogP contribution >= 0.6 is 0 Å². The zero-order valence-electron chi connectivity index (χ0n) is 19.7. The van der Waals surface area contributed by atoms with Crippen molar-refractivity contribution in [2.75, 3.05) is 36.8 Å². The molecule has 1 aliphatic heterocycles. The molecule has 0 bridgehead atoms. The highest BCUT2D eigenvalue weighted by molar-refractivity contribution is 7.92. The molecule has 0 radical (unpaired) electrons. The third-order valence-electron chi connectivity index (χ3n) is 5.83. The van der Waals surface area contributed by atoms with E-state index in [-0.39, 0.29) is 15.9 Å². The van der Waals surface area contributed by atoms with E-state index in [0.717, 1.165) is 35.1 Å². The van der Waals surface area contributed by atoms with E-state index in [2.05, 4.69) is 9.62 Å². The highest BCUT2D eigenvalue weighted by Crippen LogP contribution is 2.31. The van der Waals surface area contributed by atoms with Crippen LogP contribution in [0.2, 0.25) is 0 Å². The van der Waals surface area contributed by atoms with Crippen molar-refractivity contribution in [1.29, 1.82) is 0 Å². The minimum Gasteiger partial charge on any atom is -0.489 e. The molecule has 1 N–H and O–H groups in total. The molecule has 1 unspecified atom stereocenters. The van der Waals surface area contributed by atoms with Crippen LogP contribution in [0.4, 0.5) is 11.4 Å². The molecular weight excluding hydrogens is 486 g/mol. The van der Waals surface area contributed by atoms with Gasteiger partial charge in [0.25, 0.3) is 10.0 Å². The minimum atomic E-state index is -3.94. The highest BCUT2D eigenvalue weighted by atomic mass is 32.2. The third-order valence-corrected chi connectivity index (χ3v) is 9.04. The molecule has 0 aliphatic carbocycles. The van der Waals surface area contributed by atoms with Gasteiger partial charge in [0, 0.05) is 20.6 Å². The van der Waals surface area contributed by atoms with Crippen molar-refractivity contribution in [3.05, 3.63) is 78.9 Å². The zero-order chi connectivity index (χ0) is 25.1. The Labute approximate surface area is 207 Å². The standard InChI is InChI=1S/C25H29N3O5S2/c1-27(2)35(31,32)23-16-14-22(15-17-23)34(29,30)26-24-12-6-7-13-25(24)28-18-8-11-21(19-28)33-20-9-4-3-5-10-20/h3-7,9-10,12-17,21,26H,8,11,18-19H2,1-2H3. The maximum atomic E-state index is 13.1. The highest BCUT2D eigenvalue weighted by Gasteiger charge is 2.25. The van der Waals surface area contributed by atoms with Crippen molar-refractivity contribution < 1.29 is 21.6 Å². The molecule has 0 saturated carbocycles. The van der Waals surface area contributed by atoms with E-state index in [1.807, 2.05) is 42.5 Å². The van der Waals surface area contributed by atoms with Gasteiger partial charge in [-0.15, -0.1) is 0 Å². The Morgan fingerprint density at radius 1 is 0.857 bits per heavy atom. The molecule has 1 fully saturated rings. The van der Waals surface area contributed by atoms with E-state index < -0.39 is 20.0 Å². The van der Waals surface area contributed by atoms with Crippen molar-refractivity contribution >= 4 is 31.4 Å². The number of ether oxygens (including phenoxy) is 1. The summed E-state index contributed by atoms with van der Waals surface area (Å²) in [6.45, 7) is 1.41. The lowest BCUT2D eigenvalue weighted by Gasteiger charge is -2.35. The third kappa shape index (κ3) is 5.77. The Hall–Kier alpha value is -3.08. The van der Waals surface area contributed by atoms with Gasteiger partial charge in [-0.05, 0) is 61.4 Å². The first-order valence-electron chi connectivity index (χ1n) is 11.3. The second-order valence-electron chi connectivity index (χ2n) is 8.52. The topological polar surface area (TPSA) is 96.0 Å². The number of benzene rings is 3. The van der Waals surface area contributed by atoms with Crippen LogP contribution in [-0.4, -0.2) is 54.4 Å². The average Bonchev–Trinajstić information content (AvgIpc) is 2.85. The quantitative estimate of drug-likeness (QED) is 0.491. The number of hydrogen-bond acceptors (Lipinski definition) is 6. The van der Waals surface area contributed by atoms with Crippen LogP contribution in [0, 0.1) is 0 Å². The Bertz CT molecular complexity index is 1360. The van der Waals surface area contributed by atoms with Gasteiger partial charge in [-0.1, -0.05) is 30.3 Å². The molecule has 3 aromatic carbocycles. The lowest BCUT2D eigenvalue weighted by Crippen LogP contribution is -2.41. The van der Waals surface area contributed by atoms with Crippen molar-refractivity contribution in [2.24, 2.45) is 0 Å². The SMILES string of the molecule is CN(C)S(=O)(=O)c1ccc(S(=O)(=O)Nc2ccccc2N2CCCC(Oc3ccccc3)C2)cc1. The number of nitrogens with zero attached hydrogens (tertiary/aromatic N) is 2. The fraction of sp³-hybridized carbons (Fsp3) is 0.280. The van der Waals surface area contributed by atoms with Gasteiger partial charge in [0.1, 0.15) is 11.9 Å². The molecule has 10 heteroatoms. The van der Waals surface area contributed by atoms with Crippen LogP contribution in [0.5, 0.6) is 5.75 Å². The summed E-state index contributed by atoms with van der Waals surface area (Å²) in [5.74, 6) is 0.813. The largest absolute Gasteiger partial charge is 0.489 e. The number of para-hydroxylation sites is 3. The van der Waals surface area contributed by atoms with E-state index in [0.29, 0.717) is 12.2 Å². The van der Waals surface area contributed by atoms with Gasteiger partial charge in [-0.3, -0.25) is 4.72 Å². The summed E-state index contributed by atoms with van der Waals surface area (Å²) in [4.78, 5) is 2.13. The van der Waals surface area contributed by atoms with Gasteiger partial charge in [0.15, 0.2) is 0 Å². The van der Waals surface area contributed by atoms with Crippen molar-refractivity contribution in [3.63, 3.8) is 0 Å². The number of piperidine rings is 1. The van der Waals surface area contributed by atoms with Gasteiger partial charge in [-0.25, -0.2) is 21.1 Å². The van der Waals surface area contributed by atoms with Crippen LogP contribution in [0.15, 0.2) is 88.7 Å². The number of nitrogens with one attached hydrogen (secondary N) is 1. The van der Waals surface area contributed by atoms with Gasteiger partial charge in [0.05, 0.1) is 27.7 Å². The second kappa shape index (κ2) is 10.3. The predicted molar refractivity (Wildman–Crippen MR) is 137 cm³/mol. The summed E-state index contributed by atoms with van der Waals surface area (Å²) in [7, 11) is -4.73. The van der Waals surface area contributed by atoms with Crippen LogP contribution in [0.1, 0.15) is 12.8 Å². The van der Waals surface area contributed by atoms with E-state index in [1.54, 1.807) is 12.1 Å². The molecule has 1 aliphatic rings. The zero-order valence-corrected chi connectivity index (χ0v) is 21.3. The smallest absolute Gasteiger partial charge is 0.261 e. The van der Waals surface area contributed by atoms with Crippen molar-refractivity contribution in [3.8, 4) is 5.75 Å². The Kier molecular flexibility index (Phi) is 7.34. The van der Waals surface area contributed by atoms with Gasteiger partial charge >= 0.3 is 0 Å². The first-order valence-corrected chi connectivity index (χ1v) is 14.2. The van der Waals surface area contributed by atoms with E-state index in [4.69, 9.17) is 4.74 Å². The molecule has 0 amide bonds. The van der Waals surface area contributed by atoms with Crippen LogP contribution in [0.3, 0.4) is 0 Å². The summed E-state index contributed by atoms with van der Waals surface area (Å²) in [5.41, 5.74) is 1.22. The number of rotatable bonds is 8. The van der Waals surface area contributed by atoms with E-state index in [1.165, 1.54) is 38.4 Å². The summed E-state index contributed by atoms with van der Waals surface area (Å²) >= 11 is 0. The van der Waals surface area contributed by atoms with Crippen LogP contribution in [0.25, 0.3) is 0 Å². The lowest BCUT2D eigenvalue weighted by atomic mass is 10.1. The number of anilines is 2. The first-order chi connectivity index (χ1) is 16.7. The molecule has 3 aromatic rings. The minimum absolute atomic E-state index is 0.0120. The molecule has 35 heavy (non-hydrogen) atoms. The summed E-state index contributed by atoms with van der Waals surface area (Å²) in [6.07, 6.45) is 1.82. The Morgan fingerprint density at radius 2 is 1.49 bits per heavy atom. The Morgan fingerprint density at radius 3 is 2.17 bits per heavy atom. The second-order valence-corrected chi connectivity index (χ2v) is 12.4. The van der Waals surface area contributed by atoms with E-state index in [9.17, 15) is 16.8 Å².